The van der Waals surface area contributed by atoms with E-state index in [2.05, 4.69) is 5.32 Å². The highest BCUT2D eigenvalue weighted by atomic mass is 19.4. The lowest BCUT2D eigenvalue weighted by molar-refractivity contribution is -0.224. The summed E-state index contributed by atoms with van der Waals surface area (Å²) in [7, 11) is 0. The second-order valence-electron chi connectivity index (χ2n) is 5.16. The molecule has 2 saturated heterocycles. The standard InChI is InChI=1S/C12H19F3N2O2/c1-2-9-7-17(5-6-19-9)10(18)11(12(13,14)15)3-4-16-8-11/h9,16H,2-8H2,1H3. The Bertz CT molecular complexity index is 340. The van der Waals surface area contributed by atoms with Gasteiger partial charge in [0.2, 0.25) is 5.91 Å². The average molecular weight is 280 g/mol. The molecule has 0 bridgehead atoms. The number of nitrogens with zero attached hydrogens (tertiary/aromatic N) is 1. The highest BCUT2D eigenvalue weighted by Gasteiger charge is 2.62. The van der Waals surface area contributed by atoms with E-state index >= 15 is 0 Å². The summed E-state index contributed by atoms with van der Waals surface area (Å²) in [6, 6.07) is 0. The summed E-state index contributed by atoms with van der Waals surface area (Å²) in [5, 5.41) is 2.67. The molecule has 2 heterocycles. The van der Waals surface area contributed by atoms with Crippen molar-refractivity contribution in [3.63, 3.8) is 0 Å². The molecule has 7 heteroatoms. The number of amides is 1. The Morgan fingerprint density at radius 1 is 1.53 bits per heavy atom. The molecule has 4 nitrogen and oxygen atoms in total. The quantitative estimate of drug-likeness (QED) is 0.825. The van der Waals surface area contributed by atoms with Crippen molar-refractivity contribution >= 4 is 5.91 Å². The number of nitrogens with one attached hydrogen (secondary N) is 1. The number of halogens is 3. The van der Waals surface area contributed by atoms with Gasteiger partial charge in [-0.3, -0.25) is 4.79 Å². The third-order valence-corrected chi connectivity index (χ3v) is 3.99. The fraction of sp³-hybridized carbons (Fsp3) is 0.917. The van der Waals surface area contributed by atoms with Crippen LogP contribution in [0.3, 0.4) is 0 Å². The van der Waals surface area contributed by atoms with Crippen molar-refractivity contribution < 1.29 is 22.7 Å². The molecule has 0 aromatic carbocycles. The number of rotatable bonds is 2. The zero-order chi connectivity index (χ0) is 14.1. The first-order valence-electron chi connectivity index (χ1n) is 6.59. The van der Waals surface area contributed by atoms with Crippen LogP contribution < -0.4 is 5.32 Å². The molecule has 2 fully saturated rings. The molecule has 0 saturated carbocycles. The van der Waals surface area contributed by atoms with Crippen molar-refractivity contribution in [2.45, 2.75) is 32.0 Å². The van der Waals surface area contributed by atoms with E-state index in [1.165, 1.54) is 4.90 Å². The Hall–Kier alpha value is -0.820. The lowest BCUT2D eigenvalue weighted by Crippen LogP contribution is -2.57. The van der Waals surface area contributed by atoms with E-state index in [1.54, 1.807) is 0 Å². The Kier molecular flexibility index (Phi) is 4.06. The summed E-state index contributed by atoms with van der Waals surface area (Å²) >= 11 is 0. The van der Waals surface area contributed by atoms with Gasteiger partial charge < -0.3 is 15.0 Å². The van der Waals surface area contributed by atoms with E-state index in [4.69, 9.17) is 4.74 Å². The van der Waals surface area contributed by atoms with Crippen molar-refractivity contribution in [3.8, 4) is 0 Å². The van der Waals surface area contributed by atoms with Gasteiger partial charge in [0.1, 0.15) is 0 Å². The number of hydrogen-bond donors (Lipinski definition) is 1. The zero-order valence-corrected chi connectivity index (χ0v) is 10.9. The maximum Gasteiger partial charge on any atom is 0.404 e. The summed E-state index contributed by atoms with van der Waals surface area (Å²) < 4.78 is 45.2. The van der Waals surface area contributed by atoms with Gasteiger partial charge >= 0.3 is 6.18 Å². The zero-order valence-electron chi connectivity index (χ0n) is 10.9. The van der Waals surface area contributed by atoms with Crippen LogP contribution in [-0.2, 0) is 9.53 Å². The predicted octanol–water partition coefficient (Wildman–Crippen LogP) is 1.17. The molecule has 2 atom stereocenters. The minimum Gasteiger partial charge on any atom is -0.375 e. The molecule has 0 aliphatic carbocycles. The number of hydrogen-bond acceptors (Lipinski definition) is 3. The van der Waals surface area contributed by atoms with Crippen molar-refractivity contribution in [3.05, 3.63) is 0 Å². The number of carbonyl (C=O) groups is 1. The van der Waals surface area contributed by atoms with E-state index < -0.39 is 17.5 Å². The van der Waals surface area contributed by atoms with E-state index in [1.807, 2.05) is 6.92 Å². The molecule has 1 amide bonds. The minimum absolute atomic E-state index is 0.155. The topological polar surface area (TPSA) is 41.6 Å². The van der Waals surface area contributed by atoms with Gasteiger partial charge in [-0.05, 0) is 19.4 Å². The number of alkyl halides is 3. The van der Waals surface area contributed by atoms with Crippen LogP contribution in [0, 0.1) is 5.41 Å². The lowest BCUT2D eigenvalue weighted by atomic mass is 9.84. The summed E-state index contributed by atoms with van der Waals surface area (Å²) in [5.41, 5.74) is -2.25. The van der Waals surface area contributed by atoms with Gasteiger partial charge in [0, 0.05) is 19.6 Å². The van der Waals surface area contributed by atoms with E-state index in [0.717, 1.165) is 0 Å². The summed E-state index contributed by atoms with van der Waals surface area (Å²) in [5.74, 6) is -0.799. The third-order valence-electron chi connectivity index (χ3n) is 3.99. The van der Waals surface area contributed by atoms with Gasteiger partial charge in [0.15, 0.2) is 5.41 Å². The van der Waals surface area contributed by atoms with Crippen LogP contribution in [0.5, 0.6) is 0 Å². The minimum atomic E-state index is -4.51. The Balaban J connectivity index is 2.16. The molecule has 0 spiro atoms. The van der Waals surface area contributed by atoms with Crippen molar-refractivity contribution in [2.24, 2.45) is 5.41 Å². The fourth-order valence-electron chi connectivity index (χ4n) is 2.69. The van der Waals surface area contributed by atoms with Gasteiger partial charge in [-0.1, -0.05) is 6.92 Å². The molecular weight excluding hydrogens is 261 g/mol. The van der Waals surface area contributed by atoms with E-state index in [9.17, 15) is 18.0 Å². The molecule has 1 N–H and O–H groups in total. The second-order valence-corrected chi connectivity index (χ2v) is 5.16. The Morgan fingerprint density at radius 2 is 2.26 bits per heavy atom. The molecule has 2 rings (SSSR count). The molecule has 19 heavy (non-hydrogen) atoms. The molecule has 110 valence electrons. The highest BCUT2D eigenvalue weighted by molar-refractivity contribution is 5.84. The van der Waals surface area contributed by atoms with E-state index in [-0.39, 0.29) is 38.7 Å². The second kappa shape index (κ2) is 5.28. The number of carbonyl (C=O) groups excluding carboxylic acids is 1. The molecule has 2 aliphatic rings. The number of morpholine rings is 1. The maximum atomic E-state index is 13.3. The van der Waals surface area contributed by atoms with Crippen molar-refractivity contribution in [2.75, 3.05) is 32.8 Å². The van der Waals surface area contributed by atoms with Crippen LogP contribution in [0.1, 0.15) is 19.8 Å². The highest BCUT2D eigenvalue weighted by Crippen LogP contribution is 2.44. The van der Waals surface area contributed by atoms with Crippen LogP contribution in [-0.4, -0.2) is 55.9 Å². The molecule has 0 aromatic rings. The summed E-state index contributed by atoms with van der Waals surface area (Å²) in [4.78, 5) is 13.7. The Labute approximate surface area is 110 Å². The molecule has 2 unspecified atom stereocenters. The van der Waals surface area contributed by atoms with Gasteiger partial charge in [-0.15, -0.1) is 0 Å². The molecule has 0 radical (unpaired) electrons. The smallest absolute Gasteiger partial charge is 0.375 e. The van der Waals surface area contributed by atoms with Crippen molar-refractivity contribution in [1.29, 1.82) is 0 Å². The first-order chi connectivity index (χ1) is 8.90. The van der Waals surface area contributed by atoms with E-state index in [0.29, 0.717) is 13.0 Å². The normalized spacial score (nSPS) is 32.6. The van der Waals surface area contributed by atoms with Crippen LogP contribution in [0.2, 0.25) is 0 Å². The van der Waals surface area contributed by atoms with Gasteiger partial charge in [-0.2, -0.15) is 13.2 Å². The first kappa shape index (κ1) is 14.6. The predicted molar refractivity (Wildman–Crippen MR) is 62.6 cm³/mol. The maximum absolute atomic E-state index is 13.3. The first-order valence-corrected chi connectivity index (χ1v) is 6.59. The fourth-order valence-corrected chi connectivity index (χ4v) is 2.69. The summed E-state index contributed by atoms with van der Waals surface area (Å²) in [6.07, 6.45) is -4.14. The van der Waals surface area contributed by atoms with Crippen LogP contribution >= 0.6 is 0 Å². The van der Waals surface area contributed by atoms with Gasteiger partial charge in [0.05, 0.1) is 12.7 Å². The number of ether oxygens (including phenoxy) is 1. The molecular formula is C12H19F3N2O2. The monoisotopic (exact) mass is 280 g/mol. The third kappa shape index (κ3) is 2.58. The van der Waals surface area contributed by atoms with Gasteiger partial charge in [-0.25, -0.2) is 0 Å². The SMILES string of the molecule is CCC1CN(C(=O)C2(C(F)(F)F)CCNC2)CCO1. The largest absolute Gasteiger partial charge is 0.404 e. The molecule has 0 aromatic heterocycles. The average Bonchev–Trinajstić information content (AvgIpc) is 2.88. The molecule has 2 aliphatic heterocycles. The van der Waals surface area contributed by atoms with Crippen LogP contribution in [0.25, 0.3) is 0 Å². The van der Waals surface area contributed by atoms with Crippen LogP contribution in [0.15, 0.2) is 0 Å². The van der Waals surface area contributed by atoms with Crippen LogP contribution in [0.4, 0.5) is 13.2 Å². The van der Waals surface area contributed by atoms with Crippen molar-refractivity contribution in [1.82, 2.24) is 10.2 Å². The summed E-state index contributed by atoms with van der Waals surface area (Å²) in [6.45, 7) is 2.62. The Morgan fingerprint density at radius 3 is 2.79 bits per heavy atom. The van der Waals surface area contributed by atoms with Gasteiger partial charge in [0.25, 0.3) is 0 Å². The lowest BCUT2D eigenvalue weighted by Gasteiger charge is -2.39.